The molecule has 2 aliphatic heterocycles. The molecule has 0 spiro atoms. The van der Waals surface area contributed by atoms with Crippen molar-refractivity contribution in [3.8, 4) is 0 Å². The van der Waals surface area contributed by atoms with Crippen molar-refractivity contribution in [3.05, 3.63) is 108 Å². The van der Waals surface area contributed by atoms with E-state index in [0.29, 0.717) is 0 Å². The molecule has 2 saturated heterocycles. The zero-order chi connectivity index (χ0) is 37.0. The predicted octanol–water partition coefficient (Wildman–Crippen LogP) is 2.14. The molecule has 278 valence electrons. The molecule has 2 fully saturated rings. The number of esters is 1. The van der Waals surface area contributed by atoms with Gasteiger partial charge in [-0.1, -0.05) is 91.0 Å². The molecule has 3 unspecified atom stereocenters. The van der Waals surface area contributed by atoms with E-state index in [0.717, 1.165) is 16.7 Å². The van der Waals surface area contributed by atoms with Crippen molar-refractivity contribution in [1.29, 1.82) is 0 Å². The maximum Gasteiger partial charge on any atom is 0.306 e. The molecular formula is C38H46N4O10. The number of nitrogens with two attached hydrogens (primary N) is 2. The van der Waals surface area contributed by atoms with Gasteiger partial charge in [-0.05, 0) is 31.4 Å². The fraction of sp³-hybridized carbons (Fsp3) is 0.421. The number of hydrogen-bond acceptors (Lipinski definition) is 11. The first-order valence-electron chi connectivity index (χ1n) is 17.2. The van der Waals surface area contributed by atoms with Crippen LogP contribution in [0.2, 0.25) is 0 Å². The number of amides is 3. The van der Waals surface area contributed by atoms with E-state index in [1.165, 1.54) is 13.8 Å². The molecule has 5 rings (SSSR count). The zero-order valence-electron chi connectivity index (χ0n) is 29.1. The van der Waals surface area contributed by atoms with Crippen LogP contribution in [-0.2, 0) is 60.8 Å². The molecule has 0 aromatic heterocycles. The lowest BCUT2D eigenvalue weighted by atomic mass is 9.95. The highest BCUT2D eigenvalue weighted by atomic mass is 16.8. The summed E-state index contributed by atoms with van der Waals surface area (Å²) in [6.45, 7) is 3.43. The summed E-state index contributed by atoms with van der Waals surface area (Å²) in [5, 5.41) is 5.11. The van der Waals surface area contributed by atoms with Gasteiger partial charge in [-0.25, -0.2) is 0 Å². The molecule has 3 aromatic carbocycles. The molecule has 2 aliphatic rings. The van der Waals surface area contributed by atoms with Gasteiger partial charge in [-0.15, -0.1) is 0 Å². The van der Waals surface area contributed by atoms with Gasteiger partial charge in [0.05, 0.1) is 19.3 Å². The monoisotopic (exact) mass is 718 g/mol. The quantitative estimate of drug-likeness (QED) is 0.158. The van der Waals surface area contributed by atoms with Crippen molar-refractivity contribution < 1.29 is 47.6 Å². The Balaban J connectivity index is 1.17. The van der Waals surface area contributed by atoms with Gasteiger partial charge >= 0.3 is 5.97 Å². The molecule has 0 saturated carbocycles. The molecular weight excluding hydrogens is 672 g/mol. The van der Waals surface area contributed by atoms with Crippen molar-refractivity contribution in [3.63, 3.8) is 0 Å². The highest BCUT2D eigenvalue weighted by Crippen LogP contribution is 2.35. The van der Waals surface area contributed by atoms with Crippen LogP contribution in [0, 0.1) is 0 Å². The first kappa shape index (κ1) is 38.5. The van der Waals surface area contributed by atoms with E-state index in [-0.39, 0.29) is 32.7 Å². The third-order valence-electron chi connectivity index (χ3n) is 8.74. The molecule has 3 aromatic rings. The molecule has 9 atom stereocenters. The molecule has 3 amide bonds. The summed E-state index contributed by atoms with van der Waals surface area (Å²) in [6.07, 6.45) is -5.19. The van der Waals surface area contributed by atoms with Gasteiger partial charge in [-0.2, -0.15) is 0 Å². The zero-order valence-corrected chi connectivity index (χ0v) is 29.1. The predicted molar refractivity (Wildman–Crippen MR) is 186 cm³/mol. The lowest BCUT2D eigenvalue weighted by molar-refractivity contribution is -0.349. The Labute approximate surface area is 302 Å². The average Bonchev–Trinajstić information content (AvgIpc) is 3.16. The van der Waals surface area contributed by atoms with Crippen molar-refractivity contribution in [1.82, 2.24) is 10.6 Å². The summed E-state index contributed by atoms with van der Waals surface area (Å²) in [4.78, 5) is 50.8. The fourth-order valence-corrected chi connectivity index (χ4v) is 5.79. The second kappa shape index (κ2) is 18.7. The number of ether oxygens (including phenoxy) is 6. The summed E-state index contributed by atoms with van der Waals surface area (Å²) >= 11 is 0. The summed E-state index contributed by atoms with van der Waals surface area (Å²) in [6, 6.07) is 24.9. The minimum atomic E-state index is -1.17. The van der Waals surface area contributed by atoms with Crippen LogP contribution < -0.4 is 22.1 Å². The molecule has 2 heterocycles. The SMILES string of the molecule is C[C@H](NC(=O)[C@@H](C)OC1[C@@H]2OC(c3ccccc3)OCC2O[C@@H](OCc2ccccc2)[C@H]1N)C(=O)N[C@H](CCC(=O)OCc1ccccc1)C(N)=O. The number of carbonyl (C=O) groups excluding carboxylic acids is 4. The van der Waals surface area contributed by atoms with Crippen LogP contribution in [0.3, 0.4) is 0 Å². The van der Waals surface area contributed by atoms with Crippen molar-refractivity contribution in [2.24, 2.45) is 11.5 Å². The molecule has 0 aliphatic carbocycles. The standard InChI is InChI=1S/C38H46N4O10/c1-23(35(45)42-28(34(40)44)18-19-30(43)47-20-25-12-6-3-7-13-25)41-36(46)24(2)50-33-31(39)38(48-21-26-14-8-4-9-15-26)51-29-22-49-37(52-32(29)33)27-16-10-5-11-17-27/h3-17,23-24,28-29,31-33,37-38H,18-22,39H2,1-2H3,(H2,40,44)(H,41,46)(H,42,45)/t23-,24+,28+,29?,31-,32+,33?,37?,38+/m0/s1. The van der Waals surface area contributed by atoms with Gasteiger partial charge in [0.1, 0.15) is 43.1 Å². The maximum absolute atomic E-state index is 13.4. The first-order valence-corrected chi connectivity index (χ1v) is 17.2. The van der Waals surface area contributed by atoms with E-state index in [1.807, 2.05) is 91.0 Å². The second-order valence-corrected chi connectivity index (χ2v) is 12.7. The van der Waals surface area contributed by atoms with E-state index in [2.05, 4.69) is 10.6 Å². The van der Waals surface area contributed by atoms with Crippen LogP contribution in [0.25, 0.3) is 0 Å². The molecule has 14 heteroatoms. The summed E-state index contributed by atoms with van der Waals surface area (Å²) in [5.74, 6) is -2.69. The van der Waals surface area contributed by atoms with Gasteiger partial charge in [0, 0.05) is 12.0 Å². The Morgan fingerprint density at radius 2 is 1.44 bits per heavy atom. The minimum Gasteiger partial charge on any atom is -0.461 e. The number of primary amides is 1. The fourth-order valence-electron chi connectivity index (χ4n) is 5.79. The Bertz CT molecular complexity index is 1620. The second-order valence-electron chi connectivity index (χ2n) is 12.7. The van der Waals surface area contributed by atoms with Gasteiger partial charge in [0.25, 0.3) is 0 Å². The molecule has 0 radical (unpaired) electrons. The van der Waals surface area contributed by atoms with Gasteiger partial charge in [0.15, 0.2) is 12.6 Å². The number of benzene rings is 3. The molecule has 14 nitrogen and oxygen atoms in total. The van der Waals surface area contributed by atoms with E-state index < -0.39 is 78.8 Å². The molecule has 52 heavy (non-hydrogen) atoms. The Hall–Kier alpha value is -4.70. The number of carbonyl (C=O) groups is 4. The van der Waals surface area contributed by atoms with Gasteiger partial charge in [0.2, 0.25) is 17.7 Å². The Morgan fingerprint density at radius 1 is 0.827 bits per heavy atom. The van der Waals surface area contributed by atoms with E-state index in [4.69, 9.17) is 39.9 Å². The Morgan fingerprint density at radius 3 is 2.08 bits per heavy atom. The summed E-state index contributed by atoms with van der Waals surface area (Å²) in [7, 11) is 0. The van der Waals surface area contributed by atoms with Crippen LogP contribution in [-0.4, -0.2) is 79.1 Å². The lowest BCUT2D eigenvalue weighted by Crippen LogP contribution is -2.66. The van der Waals surface area contributed by atoms with Crippen molar-refractivity contribution in [2.75, 3.05) is 6.61 Å². The first-order chi connectivity index (χ1) is 25.1. The van der Waals surface area contributed by atoms with E-state index >= 15 is 0 Å². The highest BCUT2D eigenvalue weighted by Gasteiger charge is 2.50. The normalized spacial score (nSPS) is 24.4. The van der Waals surface area contributed by atoms with Crippen LogP contribution in [0.15, 0.2) is 91.0 Å². The average molecular weight is 719 g/mol. The van der Waals surface area contributed by atoms with E-state index in [9.17, 15) is 19.2 Å². The smallest absolute Gasteiger partial charge is 0.306 e. The number of hydrogen-bond donors (Lipinski definition) is 4. The topological polar surface area (TPSA) is 200 Å². The lowest BCUT2D eigenvalue weighted by Gasteiger charge is -2.48. The summed E-state index contributed by atoms with van der Waals surface area (Å²) < 4.78 is 36.1. The third-order valence-corrected chi connectivity index (χ3v) is 8.74. The summed E-state index contributed by atoms with van der Waals surface area (Å²) in [5.41, 5.74) is 14.7. The molecule has 0 bridgehead atoms. The largest absolute Gasteiger partial charge is 0.461 e. The Kier molecular flexibility index (Phi) is 13.8. The highest BCUT2D eigenvalue weighted by molar-refractivity contribution is 5.92. The van der Waals surface area contributed by atoms with Crippen LogP contribution in [0.5, 0.6) is 0 Å². The van der Waals surface area contributed by atoms with Crippen LogP contribution in [0.1, 0.15) is 49.7 Å². The van der Waals surface area contributed by atoms with Crippen LogP contribution >= 0.6 is 0 Å². The third kappa shape index (κ3) is 10.7. The minimum absolute atomic E-state index is 0.0751. The number of nitrogens with one attached hydrogen (secondary N) is 2. The number of fused-ring (bicyclic) bond motifs is 1. The van der Waals surface area contributed by atoms with Gasteiger partial charge < -0.3 is 50.5 Å². The van der Waals surface area contributed by atoms with Crippen LogP contribution in [0.4, 0.5) is 0 Å². The van der Waals surface area contributed by atoms with E-state index in [1.54, 1.807) is 0 Å². The number of rotatable bonds is 16. The maximum atomic E-state index is 13.4. The van der Waals surface area contributed by atoms with Crippen molar-refractivity contribution >= 4 is 23.7 Å². The van der Waals surface area contributed by atoms with Gasteiger partial charge in [-0.3, -0.25) is 19.2 Å². The van der Waals surface area contributed by atoms with Crippen molar-refractivity contribution in [2.45, 2.75) is 95.0 Å². The molecule has 6 N–H and O–H groups in total.